The molecule has 1 aromatic heterocycles. The number of likely N-dealkylation sites (tertiary alicyclic amines) is 1. The normalized spacial score (nSPS) is 25.0. The number of aryl methyl sites for hydroxylation is 1. The summed E-state index contributed by atoms with van der Waals surface area (Å²) in [5, 5.41) is 11.2. The zero-order valence-corrected chi connectivity index (χ0v) is 13.9. The fraction of sp³-hybridized carbons (Fsp3) is 0.714. The molecule has 0 aromatic carbocycles. The van der Waals surface area contributed by atoms with Crippen molar-refractivity contribution < 1.29 is 13.5 Å². The predicted octanol–water partition coefficient (Wildman–Crippen LogP) is 1.41. The van der Waals surface area contributed by atoms with Crippen LogP contribution in [0.2, 0.25) is 0 Å². The highest BCUT2D eigenvalue weighted by atomic mass is 32.2. The molecule has 7 heteroatoms. The SMILES string of the molecule is Cc1csc(CO)c1S(=O)(=O)N1CCC(N2CCCC2)C1. The van der Waals surface area contributed by atoms with Crippen LogP contribution in [0.4, 0.5) is 0 Å². The molecule has 21 heavy (non-hydrogen) atoms. The van der Waals surface area contributed by atoms with Gasteiger partial charge in [0.25, 0.3) is 0 Å². The van der Waals surface area contributed by atoms with Crippen molar-refractivity contribution in [1.82, 2.24) is 9.21 Å². The molecule has 0 radical (unpaired) electrons. The summed E-state index contributed by atoms with van der Waals surface area (Å²) in [4.78, 5) is 3.30. The molecule has 0 amide bonds. The lowest BCUT2D eigenvalue weighted by Gasteiger charge is -2.23. The molecular weight excluding hydrogens is 308 g/mol. The van der Waals surface area contributed by atoms with Gasteiger partial charge < -0.3 is 5.11 Å². The van der Waals surface area contributed by atoms with Crippen LogP contribution in [0, 0.1) is 6.92 Å². The van der Waals surface area contributed by atoms with E-state index >= 15 is 0 Å². The summed E-state index contributed by atoms with van der Waals surface area (Å²) < 4.78 is 27.3. The maximum absolute atomic E-state index is 12.9. The van der Waals surface area contributed by atoms with Gasteiger partial charge in [0.2, 0.25) is 10.0 Å². The van der Waals surface area contributed by atoms with E-state index < -0.39 is 10.0 Å². The summed E-state index contributed by atoms with van der Waals surface area (Å²) in [6.45, 7) is 4.95. The summed E-state index contributed by atoms with van der Waals surface area (Å²) in [5.74, 6) is 0. The standard InChI is InChI=1S/C14H22N2O3S2/c1-11-10-20-13(9-17)14(11)21(18,19)16-7-4-12(8-16)15-5-2-3-6-15/h10,12,17H,2-9H2,1H3. The van der Waals surface area contributed by atoms with E-state index in [4.69, 9.17) is 0 Å². The number of aliphatic hydroxyl groups excluding tert-OH is 1. The average molecular weight is 330 g/mol. The minimum atomic E-state index is -3.47. The average Bonchev–Trinajstić information content (AvgIpc) is 3.18. The van der Waals surface area contributed by atoms with Crippen LogP contribution in [0.1, 0.15) is 29.7 Å². The smallest absolute Gasteiger partial charge is 0.244 e. The Balaban J connectivity index is 1.81. The Morgan fingerprint density at radius 3 is 2.71 bits per heavy atom. The van der Waals surface area contributed by atoms with Crippen LogP contribution in [0.25, 0.3) is 0 Å². The molecule has 2 aliphatic rings. The Bertz CT molecular complexity index is 606. The van der Waals surface area contributed by atoms with E-state index in [1.54, 1.807) is 11.2 Å². The van der Waals surface area contributed by atoms with Crippen LogP contribution >= 0.6 is 11.3 Å². The zero-order valence-electron chi connectivity index (χ0n) is 12.3. The number of hydrogen-bond donors (Lipinski definition) is 1. The number of hydrogen-bond acceptors (Lipinski definition) is 5. The number of nitrogens with zero attached hydrogens (tertiary/aromatic N) is 2. The highest BCUT2D eigenvalue weighted by Gasteiger charge is 2.37. The molecule has 2 aliphatic heterocycles. The number of aliphatic hydroxyl groups is 1. The van der Waals surface area contributed by atoms with Crippen LogP contribution in [0.15, 0.2) is 10.3 Å². The van der Waals surface area contributed by atoms with E-state index in [0.29, 0.717) is 28.9 Å². The molecule has 0 aliphatic carbocycles. The van der Waals surface area contributed by atoms with E-state index in [-0.39, 0.29) is 6.61 Å². The highest BCUT2D eigenvalue weighted by molar-refractivity contribution is 7.89. The van der Waals surface area contributed by atoms with Crippen LogP contribution in [-0.4, -0.2) is 55.0 Å². The second-order valence-corrected chi connectivity index (χ2v) is 8.72. The van der Waals surface area contributed by atoms with Crippen LogP contribution in [0.3, 0.4) is 0 Å². The van der Waals surface area contributed by atoms with E-state index in [1.165, 1.54) is 24.2 Å². The molecule has 1 aromatic rings. The van der Waals surface area contributed by atoms with E-state index in [9.17, 15) is 13.5 Å². The number of rotatable bonds is 4. The van der Waals surface area contributed by atoms with Gasteiger partial charge in [-0.3, -0.25) is 4.90 Å². The minimum Gasteiger partial charge on any atom is -0.391 e. The predicted molar refractivity (Wildman–Crippen MR) is 82.9 cm³/mol. The van der Waals surface area contributed by atoms with Crippen molar-refractivity contribution in [3.8, 4) is 0 Å². The topological polar surface area (TPSA) is 60.9 Å². The van der Waals surface area contributed by atoms with Gasteiger partial charge >= 0.3 is 0 Å². The Kier molecular flexibility index (Phi) is 4.38. The van der Waals surface area contributed by atoms with Gasteiger partial charge in [-0.25, -0.2) is 8.42 Å². The Morgan fingerprint density at radius 1 is 1.33 bits per heavy atom. The summed E-state index contributed by atoms with van der Waals surface area (Å²) in [6.07, 6.45) is 3.36. The van der Waals surface area contributed by atoms with Gasteiger partial charge in [0.05, 0.1) is 11.5 Å². The third kappa shape index (κ3) is 2.77. The maximum atomic E-state index is 12.9. The van der Waals surface area contributed by atoms with Crippen molar-refractivity contribution in [3.63, 3.8) is 0 Å². The van der Waals surface area contributed by atoms with Gasteiger partial charge in [0.15, 0.2) is 0 Å². The molecule has 0 spiro atoms. The minimum absolute atomic E-state index is 0.212. The lowest BCUT2D eigenvalue weighted by Crippen LogP contribution is -2.37. The fourth-order valence-electron chi connectivity index (χ4n) is 3.41. The van der Waals surface area contributed by atoms with Crippen molar-refractivity contribution in [2.24, 2.45) is 0 Å². The maximum Gasteiger partial charge on any atom is 0.244 e. The summed E-state index contributed by atoms with van der Waals surface area (Å²) in [7, 11) is -3.47. The zero-order chi connectivity index (χ0) is 15.0. The molecule has 118 valence electrons. The quantitative estimate of drug-likeness (QED) is 0.907. The van der Waals surface area contributed by atoms with Gasteiger partial charge in [-0.2, -0.15) is 4.31 Å². The first-order chi connectivity index (χ1) is 10.0. The van der Waals surface area contributed by atoms with Gasteiger partial charge in [-0.15, -0.1) is 11.3 Å². The molecule has 5 nitrogen and oxygen atoms in total. The molecule has 1 N–H and O–H groups in total. The first-order valence-electron chi connectivity index (χ1n) is 7.46. The molecular formula is C14H22N2O3S2. The molecule has 1 unspecified atom stereocenters. The summed E-state index contributed by atoms with van der Waals surface area (Å²) in [6, 6.07) is 0.360. The van der Waals surface area contributed by atoms with Gasteiger partial charge in [0.1, 0.15) is 4.90 Å². The van der Waals surface area contributed by atoms with Crippen molar-refractivity contribution in [2.45, 2.75) is 43.7 Å². The largest absolute Gasteiger partial charge is 0.391 e. The van der Waals surface area contributed by atoms with Crippen LogP contribution in [-0.2, 0) is 16.6 Å². The van der Waals surface area contributed by atoms with Crippen LogP contribution < -0.4 is 0 Å². The Hall–Kier alpha value is -0.470. The van der Waals surface area contributed by atoms with Crippen molar-refractivity contribution >= 4 is 21.4 Å². The Labute approximate surface area is 130 Å². The molecule has 0 bridgehead atoms. The van der Waals surface area contributed by atoms with Crippen molar-refractivity contribution in [3.05, 3.63) is 15.8 Å². The monoisotopic (exact) mass is 330 g/mol. The van der Waals surface area contributed by atoms with Crippen molar-refractivity contribution in [1.29, 1.82) is 0 Å². The first kappa shape index (κ1) is 15.4. The molecule has 0 saturated carbocycles. The molecule has 2 fully saturated rings. The molecule has 3 rings (SSSR count). The number of sulfonamides is 1. The third-order valence-electron chi connectivity index (χ3n) is 4.51. The van der Waals surface area contributed by atoms with E-state index in [0.717, 1.165) is 25.1 Å². The second-order valence-electron chi connectivity index (χ2n) is 5.88. The molecule has 2 saturated heterocycles. The lowest BCUT2D eigenvalue weighted by atomic mass is 10.2. The lowest BCUT2D eigenvalue weighted by molar-refractivity contribution is 0.251. The summed E-state index contributed by atoms with van der Waals surface area (Å²) in [5.41, 5.74) is 0.744. The fourth-order valence-corrected chi connectivity index (χ4v) is 6.51. The Morgan fingerprint density at radius 2 is 2.05 bits per heavy atom. The summed E-state index contributed by atoms with van der Waals surface area (Å²) >= 11 is 1.32. The van der Waals surface area contributed by atoms with Gasteiger partial charge in [0, 0.05) is 19.1 Å². The van der Waals surface area contributed by atoms with Crippen LogP contribution in [0.5, 0.6) is 0 Å². The number of thiophene rings is 1. The molecule has 3 heterocycles. The second kappa shape index (κ2) is 5.96. The van der Waals surface area contributed by atoms with Gasteiger partial charge in [-0.1, -0.05) is 0 Å². The van der Waals surface area contributed by atoms with Gasteiger partial charge in [-0.05, 0) is 50.2 Å². The first-order valence-corrected chi connectivity index (χ1v) is 9.78. The van der Waals surface area contributed by atoms with E-state index in [1.807, 2.05) is 5.38 Å². The van der Waals surface area contributed by atoms with Crippen molar-refractivity contribution in [2.75, 3.05) is 26.2 Å². The van der Waals surface area contributed by atoms with E-state index in [2.05, 4.69) is 4.90 Å². The highest BCUT2D eigenvalue weighted by Crippen LogP contribution is 2.32. The third-order valence-corrected chi connectivity index (χ3v) is 7.83. The molecule has 1 atom stereocenters.